The van der Waals surface area contributed by atoms with Gasteiger partial charge in [0.05, 0.1) is 46.7 Å². The summed E-state index contributed by atoms with van der Waals surface area (Å²) >= 11 is 1.45. The molecule has 5 aliphatic heterocycles. The molecule has 76 heavy (non-hydrogen) atoms. The number of amides is 4. The largest absolute Gasteiger partial charge is 0.464 e. The number of nitrogens with one attached hydrogen (secondary N) is 2. The first-order valence-corrected chi connectivity index (χ1v) is 27.1. The number of carbonyl (C=O) groups is 4. The second-order valence-corrected chi connectivity index (χ2v) is 23.2. The van der Waals surface area contributed by atoms with Gasteiger partial charge in [0, 0.05) is 118 Å². The van der Waals surface area contributed by atoms with E-state index >= 15 is 0 Å². The van der Waals surface area contributed by atoms with Crippen molar-refractivity contribution in [2.75, 3.05) is 92.1 Å². The van der Waals surface area contributed by atoms with E-state index in [9.17, 15) is 19.2 Å². The number of esters is 1. The van der Waals surface area contributed by atoms with E-state index in [1.54, 1.807) is 19.1 Å². The number of anilines is 1. The summed E-state index contributed by atoms with van der Waals surface area (Å²) in [5.41, 5.74) is 10.4. The van der Waals surface area contributed by atoms with Crippen LogP contribution >= 0.6 is 65.3 Å². The molecule has 0 aliphatic carbocycles. The van der Waals surface area contributed by atoms with Gasteiger partial charge >= 0.3 is 12.0 Å². The Morgan fingerprint density at radius 1 is 0.961 bits per heavy atom. The number of ether oxygens (including phenoxy) is 2. The fourth-order valence-electron chi connectivity index (χ4n) is 11.7. The summed E-state index contributed by atoms with van der Waals surface area (Å²) in [7, 11) is 7.70. The number of urea groups is 1. The Labute approximate surface area is 482 Å². The van der Waals surface area contributed by atoms with Gasteiger partial charge in [-0.2, -0.15) is 54.0 Å². The van der Waals surface area contributed by atoms with Gasteiger partial charge in [-0.25, -0.2) is 15.2 Å². The predicted octanol–water partition coefficient (Wildman–Crippen LogP) is 6.65. The Morgan fingerprint density at radius 3 is 2.29 bits per heavy atom. The summed E-state index contributed by atoms with van der Waals surface area (Å²) in [5.74, 6) is -1.47. The zero-order valence-electron chi connectivity index (χ0n) is 46.3. The zero-order valence-corrected chi connectivity index (χ0v) is 51.1. The maximum absolute atomic E-state index is 14.8. The molecule has 0 saturated carbocycles. The standard InChI is InChI=1S/C54H77N11O6S.4H2S/c1-11-63-44-15-14-36-27-38(44)40(48(63)39-28-37(31-55-46(39)35(4)70-10)62-25-23-60(8)24-26-62)30-53(5,6)33-71-51(68)41-13-12-19-65(58-41)50(67)42(29-45-56-43(36)32-72-45)57-49(66)47(34(2)3)61(9)52(69)64-22-18-54(64)16-20-59(7)21-17-54;;;;/h14-15,27-28,31-32,34-35,41-42,47,58H,11-13,16-26,29-30,33H2,1-10H3,(H,57,66);4*1H2/t35-,41-,42-,47-;;;;/m0..../s1. The number of carbonyl (C=O) groups excluding carboxylic acids is 4. The third kappa shape index (κ3) is 12.8. The molecule has 8 heterocycles. The SMILES string of the molecule is CCn1c(-c2cc(N3CCN(C)CC3)cnc2[C@H](C)OC)c2c3cc(ccc31)-c1csc(n1)C[C@H](NC(=O)[C@H](C(C)C)N(C)C(=O)N1CCC13CCN(C)CC3)C(=O)N1CCC[C@H](N1)C(=O)OCC(C)(C)C2.S.S.S.S. The molecule has 4 aromatic rings. The lowest BCUT2D eigenvalue weighted by atomic mass is 9.76. The van der Waals surface area contributed by atoms with Gasteiger partial charge in [0.15, 0.2) is 0 Å². The van der Waals surface area contributed by atoms with E-state index in [-0.39, 0.29) is 96.5 Å². The molecule has 4 atom stereocenters. The lowest BCUT2D eigenvalue weighted by Gasteiger charge is -2.57. The summed E-state index contributed by atoms with van der Waals surface area (Å²) in [5, 5.41) is 8.35. The first-order valence-electron chi connectivity index (χ1n) is 26.2. The summed E-state index contributed by atoms with van der Waals surface area (Å²) in [6, 6.07) is 5.99. The number of hydrogen-bond acceptors (Lipinski definition) is 13. The van der Waals surface area contributed by atoms with Crippen molar-refractivity contribution in [1.82, 2.24) is 49.9 Å². The Balaban J connectivity index is 0.00000267. The van der Waals surface area contributed by atoms with Crippen LogP contribution < -0.4 is 15.6 Å². The summed E-state index contributed by atoms with van der Waals surface area (Å²) < 4.78 is 14.6. The first kappa shape index (κ1) is 63.1. The third-order valence-corrected chi connectivity index (χ3v) is 17.1. The van der Waals surface area contributed by atoms with Crippen molar-refractivity contribution in [2.45, 2.75) is 123 Å². The molecule has 17 nitrogen and oxygen atoms in total. The molecule has 5 aliphatic rings. The van der Waals surface area contributed by atoms with E-state index in [2.05, 4.69) is 89.1 Å². The van der Waals surface area contributed by atoms with E-state index in [1.165, 1.54) is 16.3 Å². The Hall–Kier alpha value is -3.74. The number of hydrazine groups is 1. The summed E-state index contributed by atoms with van der Waals surface area (Å²) in [4.78, 5) is 78.8. The first-order chi connectivity index (χ1) is 34.4. The average molecular weight is 1140 g/mol. The number of nitrogens with zero attached hydrogens (tertiary/aromatic N) is 9. The number of pyridine rings is 1. The molecule has 3 aromatic heterocycles. The minimum absolute atomic E-state index is 0. The molecule has 4 amide bonds. The van der Waals surface area contributed by atoms with Gasteiger partial charge in [-0.1, -0.05) is 33.8 Å². The normalized spacial score (nSPS) is 21.7. The van der Waals surface area contributed by atoms with Crippen LogP contribution in [0.1, 0.15) is 96.0 Å². The van der Waals surface area contributed by atoms with Gasteiger partial charge < -0.3 is 43.9 Å². The molecule has 4 saturated heterocycles. The molecule has 1 aromatic carbocycles. The summed E-state index contributed by atoms with van der Waals surface area (Å²) in [6.07, 6.45) is 6.23. The highest BCUT2D eigenvalue weighted by atomic mass is 32.1. The number of benzene rings is 1. The second kappa shape index (κ2) is 26.0. The van der Waals surface area contributed by atoms with E-state index in [0.717, 1.165) is 109 Å². The topological polar surface area (TPSA) is 161 Å². The number of methoxy groups -OCH3 is 1. The lowest BCUT2D eigenvalue weighted by Crippen LogP contribution is -2.69. The third-order valence-electron chi connectivity index (χ3n) is 16.2. The van der Waals surface area contributed by atoms with E-state index < -0.39 is 35.4 Å². The van der Waals surface area contributed by atoms with E-state index in [4.69, 9.17) is 19.4 Å². The number of hydrogen-bond donors (Lipinski definition) is 2. The Kier molecular flexibility index (Phi) is 21.6. The Morgan fingerprint density at radius 2 is 1.64 bits per heavy atom. The van der Waals surface area contributed by atoms with Crippen molar-refractivity contribution in [3.05, 3.63) is 52.1 Å². The average Bonchev–Trinajstić information content (AvgIpc) is 3.96. The Bertz CT molecular complexity index is 2670. The van der Waals surface area contributed by atoms with Crippen LogP contribution in [-0.2, 0) is 43.2 Å². The van der Waals surface area contributed by atoms with Crippen LogP contribution in [0.2, 0.25) is 0 Å². The molecular formula is C54H85N11O6S5. The van der Waals surface area contributed by atoms with Gasteiger partial charge in [0.25, 0.3) is 5.91 Å². The lowest BCUT2D eigenvalue weighted by molar-refractivity contribution is -0.155. The van der Waals surface area contributed by atoms with Crippen LogP contribution in [0.3, 0.4) is 0 Å². The van der Waals surface area contributed by atoms with E-state index in [1.807, 2.05) is 37.2 Å². The molecule has 0 unspecified atom stereocenters. The zero-order chi connectivity index (χ0) is 51.2. The van der Waals surface area contributed by atoms with Gasteiger partial charge in [-0.15, -0.1) is 11.3 Å². The van der Waals surface area contributed by atoms with Gasteiger partial charge in [0.2, 0.25) is 5.91 Å². The fraction of sp³-hybridized carbons (Fsp3) is 0.630. The highest BCUT2D eigenvalue weighted by Crippen LogP contribution is 2.44. The highest BCUT2D eigenvalue weighted by molar-refractivity contribution is 7.59. The predicted molar refractivity (Wildman–Crippen MR) is 323 cm³/mol. The minimum atomic E-state index is -1.04. The number of aromatic nitrogens is 3. The van der Waals surface area contributed by atoms with Gasteiger partial charge in [-0.05, 0) is 96.1 Å². The van der Waals surface area contributed by atoms with E-state index in [0.29, 0.717) is 43.9 Å². The van der Waals surface area contributed by atoms with Crippen LogP contribution in [0.25, 0.3) is 33.4 Å². The molecule has 6 bridgehead atoms. The number of aryl methyl sites for hydroxylation is 1. The quantitative estimate of drug-likeness (QED) is 0.172. The molecule has 0 radical (unpaired) electrons. The van der Waals surface area contributed by atoms with Crippen LogP contribution in [-0.4, -0.2) is 174 Å². The van der Waals surface area contributed by atoms with Crippen molar-refractivity contribution in [1.29, 1.82) is 0 Å². The number of cyclic esters (lactones) is 1. The monoisotopic (exact) mass is 1140 g/mol. The molecule has 4 fully saturated rings. The second-order valence-electron chi connectivity index (χ2n) is 22.3. The van der Waals surface area contributed by atoms with Crippen molar-refractivity contribution < 1.29 is 28.7 Å². The number of rotatable bonds is 9. The van der Waals surface area contributed by atoms with Crippen molar-refractivity contribution in [2.24, 2.45) is 11.3 Å². The maximum atomic E-state index is 14.8. The van der Waals surface area contributed by atoms with Crippen LogP contribution in [0.5, 0.6) is 0 Å². The number of thiazole rings is 1. The number of piperidine rings is 1. The number of piperazine rings is 1. The molecule has 1 spiro atoms. The van der Waals surface area contributed by atoms with Crippen molar-refractivity contribution in [3.8, 4) is 22.5 Å². The molecule has 9 rings (SSSR count). The van der Waals surface area contributed by atoms with Gasteiger partial charge in [-0.3, -0.25) is 24.4 Å². The molecule has 422 valence electrons. The number of fused-ring (bicyclic) bond motifs is 6. The maximum Gasteiger partial charge on any atom is 0.324 e. The summed E-state index contributed by atoms with van der Waals surface area (Å²) in [6.45, 7) is 19.8. The molecular weight excluding hydrogens is 1060 g/mol. The van der Waals surface area contributed by atoms with Gasteiger partial charge in [0.1, 0.15) is 18.1 Å². The number of likely N-dealkylation sites (N-methyl/N-ethyl adjacent to an activating group) is 2. The van der Waals surface area contributed by atoms with Crippen LogP contribution in [0.4, 0.5) is 10.5 Å². The fourth-order valence-corrected chi connectivity index (χ4v) is 12.6. The smallest absolute Gasteiger partial charge is 0.324 e. The number of likely N-dealkylation sites (tertiary alicyclic amines) is 2. The van der Waals surface area contributed by atoms with Crippen molar-refractivity contribution in [3.63, 3.8) is 0 Å². The highest BCUT2D eigenvalue weighted by Gasteiger charge is 2.50. The molecule has 22 heteroatoms. The minimum Gasteiger partial charge on any atom is -0.464 e. The van der Waals surface area contributed by atoms with Crippen molar-refractivity contribution >= 4 is 106 Å². The van der Waals surface area contributed by atoms with Crippen LogP contribution in [0, 0.1) is 11.3 Å². The van der Waals surface area contributed by atoms with Crippen LogP contribution in [0.15, 0.2) is 35.8 Å². The molecule has 2 N–H and O–H groups in total.